The van der Waals surface area contributed by atoms with E-state index in [0.29, 0.717) is 35.6 Å². The van der Waals surface area contributed by atoms with Gasteiger partial charge in [0.2, 0.25) is 0 Å². The fraction of sp³-hybridized carbons (Fsp3) is 0.263. The first-order chi connectivity index (χ1) is 12.6. The monoisotopic (exact) mass is 351 g/mol. The summed E-state index contributed by atoms with van der Waals surface area (Å²) in [6.45, 7) is 1.01. The Bertz CT molecular complexity index is 752. The van der Waals surface area contributed by atoms with Gasteiger partial charge in [0.05, 0.1) is 11.4 Å². The van der Waals surface area contributed by atoms with Gasteiger partial charge in [-0.25, -0.2) is 11.1 Å². The first kappa shape index (κ1) is 19.3. The Hall–Kier alpha value is -3.06. The minimum Gasteiger partial charge on any atom is -0.305 e. The van der Waals surface area contributed by atoms with Gasteiger partial charge in [-0.1, -0.05) is 24.3 Å². The van der Waals surface area contributed by atoms with E-state index in [4.69, 9.17) is 11.1 Å². The zero-order valence-electron chi connectivity index (χ0n) is 14.6. The number of benzene rings is 2. The van der Waals surface area contributed by atoms with Gasteiger partial charge in [-0.05, 0) is 31.3 Å². The Balaban J connectivity index is 1.86. The number of carbonyl (C=O) groups excluding carboxylic acids is 2. The number of rotatable bonds is 10. The van der Waals surface area contributed by atoms with Crippen molar-refractivity contribution in [3.05, 3.63) is 59.7 Å². The molecule has 7 heteroatoms. The van der Waals surface area contributed by atoms with Crippen molar-refractivity contribution in [2.45, 2.75) is 12.8 Å². The van der Waals surface area contributed by atoms with Crippen molar-refractivity contribution in [1.82, 2.24) is 4.90 Å². The highest BCUT2D eigenvalue weighted by molar-refractivity contribution is 6.01. The first-order valence-electron chi connectivity index (χ1n) is 8.24. The normalized spacial score (nSPS) is 10.5. The van der Waals surface area contributed by atoms with E-state index in [2.05, 4.69) is 10.2 Å². The van der Waals surface area contributed by atoms with Crippen LogP contribution in [0.1, 0.15) is 33.6 Å². The van der Waals surface area contributed by atoms with Crippen molar-refractivity contribution < 1.29 is 9.59 Å². The minimum absolute atomic E-state index is 0.0758. The largest absolute Gasteiger partial charge is 0.305 e. The molecule has 134 valence electrons. The molecule has 0 saturated heterocycles. The lowest BCUT2D eigenvalue weighted by atomic mass is 10.1. The van der Waals surface area contributed by atoms with Crippen LogP contribution in [0, 0.1) is 11.1 Å². The third-order valence-electron chi connectivity index (χ3n) is 4.09. The predicted octanol–water partition coefficient (Wildman–Crippen LogP) is 4.79. The summed E-state index contributed by atoms with van der Waals surface area (Å²) in [5, 5.41) is 6.75. The number of nitrogens with one attached hydrogen (secondary N) is 2. The van der Waals surface area contributed by atoms with Gasteiger partial charge in [0, 0.05) is 37.1 Å². The standard InChI is InChI=1S/C19H21N5O2/c1-24(12-10-18(25)14-6-2-4-8-16(14)22-20)13-11-19(26)15-7-3-5-9-17(15)23-21/h2-9,20-21H,10-13H2,1H3. The highest BCUT2D eigenvalue weighted by Crippen LogP contribution is 2.21. The lowest BCUT2D eigenvalue weighted by molar-refractivity contribution is 0.0957. The van der Waals surface area contributed by atoms with Gasteiger partial charge in [-0.2, -0.15) is 10.2 Å². The second-order valence-electron chi connectivity index (χ2n) is 5.91. The van der Waals surface area contributed by atoms with E-state index in [9.17, 15) is 9.59 Å². The van der Waals surface area contributed by atoms with Gasteiger partial charge < -0.3 is 4.90 Å². The van der Waals surface area contributed by atoms with Crippen molar-refractivity contribution in [3.63, 3.8) is 0 Å². The van der Waals surface area contributed by atoms with Crippen LogP contribution in [0.4, 0.5) is 11.4 Å². The van der Waals surface area contributed by atoms with E-state index in [0.717, 1.165) is 0 Å². The van der Waals surface area contributed by atoms with Crippen molar-refractivity contribution in [2.75, 3.05) is 20.1 Å². The molecular weight excluding hydrogens is 330 g/mol. The minimum atomic E-state index is -0.0758. The van der Waals surface area contributed by atoms with E-state index < -0.39 is 0 Å². The molecule has 0 saturated carbocycles. The lowest BCUT2D eigenvalue weighted by Crippen LogP contribution is -2.24. The molecule has 0 radical (unpaired) electrons. The summed E-state index contributed by atoms with van der Waals surface area (Å²) >= 11 is 0. The zero-order chi connectivity index (χ0) is 18.9. The molecule has 0 fully saturated rings. The van der Waals surface area contributed by atoms with Crippen LogP contribution < -0.4 is 0 Å². The average Bonchev–Trinajstić information content (AvgIpc) is 2.69. The molecule has 0 spiro atoms. The Kier molecular flexibility index (Phi) is 6.99. The molecule has 0 aliphatic heterocycles. The fourth-order valence-corrected chi connectivity index (χ4v) is 2.58. The van der Waals surface area contributed by atoms with Crippen molar-refractivity contribution >= 4 is 22.9 Å². The Labute approximate surface area is 152 Å². The van der Waals surface area contributed by atoms with E-state index in [-0.39, 0.29) is 24.4 Å². The summed E-state index contributed by atoms with van der Waals surface area (Å²) < 4.78 is 0. The quantitative estimate of drug-likeness (QED) is 0.474. The second kappa shape index (κ2) is 9.43. The van der Waals surface area contributed by atoms with Gasteiger partial charge >= 0.3 is 0 Å². The Morgan fingerprint density at radius 3 is 1.58 bits per heavy atom. The van der Waals surface area contributed by atoms with Crippen LogP contribution in [0.2, 0.25) is 0 Å². The number of hydrogen-bond acceptors (Lipinski definition) is 7. The first-order valence-corrected chi connectivity index (χ1v) is 8.24. The molecule has 2 aromatic rings. The highest BCUT2D eigenvalue weighted by Gasteiger charge is 2.14. The summed E-state index contributed by atoms with van der Waals surface area (Å²) in [5.74, 6) is -0.152. The summed E-state index contributed by atoms with van der Waals surface area (Å²) in [5.41, 5.74) is 15.9. The molecule has 0 unspecified atom stereocenters. The maximum atomic E-state index is 12.3. The average molecular weight is 351 g/mol. The molecule has 26 heavy (non-hydrogen) atoms. The van der Waals surface area contributed by atoms with Crippen LogP contribution in [0.15, 0.2) is 58.8 Å². The van der Waals surface area contributed by atoms with Crippen molar-refractivity contribution in [3.8, 4) is 0 Å². The molecule has 0 bridgehead atoms. The predicted molar refractivity (Wildman–Crippen MR) is 97.9 cm³/mol. The van der Waals surface area contributed by atoms with Crippen LogP contribution in [-0.2, 0) is 0 Å². The molecular formula is C19H21N5O2. The van der Waals surface area contributed by atoms with E-state index in [1.54, 1.807) is 48.5 Å². The van der Waals surface area contributed by atoms with Crippen LogP contribution in [0.3, 0.4) is 0 Å². The van der Waals surface area contributed by atoms with Gasteiger partial charge in [0.1, 0.15) is 0 Å². The summed E-state index contributed by atoms with van der Waals surface area (Å²) in [6.07, 6.45) is 0.575. The molecule has 0 aliphatic carbocycles. The number of nitrogens with zero attached hydrogens (tertiary/aromatic N) is 3. The van der Waals surface area contributed by atoms with E-state index >= 15 is 0 Å². The molecule has 2 rings (SSSR count). The van der Waals surface area contributed by atoms with Crippen LogP contribution >= 0.6 is 0 Å². The second-order valence-corrected chi connectivity index (χ2v) is 5.91. The number of hydrogen-bond donors (Lipinski definition) is 2. The topological polar surface area (TPSA) is 110 Å². The number of para-hydroxylation sites is 2. The molecule has 0 atom stereocenters. The summed E-state index contributed by atoms with van der Waals surface area (Å²) in [4.78, 5) is 26.5. The molecule has 2 aromatic carbocycles. The Morgan fingerprint density at radius 2 is 1.19 bits per heavy atom. The maximum absolute atomic E-state index is 12.3. The summed E-state index contributed by atoms with van der Waals surface area (Å²) in [7, 11) is 1.85. The number of ketones is 2. The number of carbonyl (C=O) groups is 2. The van der Waals surface area contributed by atoms with E-state index in [1.165, 1.54) is 0 Å². The molecule has 0 heterocycles. The van der Waals surface area contributed by atoms with E-state index in [1.807, 2.05) is 11.9 Å². The summed E-state index contributed by atoms with van der Waals surface area (Å²) in [6, 6.07) is 13.6. The van der Waals surface area contributed by atoms with Gasteiger partial charge in [0.25, 0.3) is 0 Å². The number of Topliss-reactive ketones (excluding diaryl/α,β-unsaturated/α-hetero) is 2. The lowest BCUT2D eigenvalue weighted by Gasteiger charge is -2.16. The third kappa shape index (κ3) is 4.97. The van der Waals surface area contributed by atoms with Crippen molar-refractivity contribution in [1.29, 1.82) is 11.1 Å². The van der Waals surface area contributed by atoms with Crippen LogP contribution in [0.5, 0.6) is 0 Å². The van der Waals surface area contributed by atoms with Crippen LogP contribution in [-0.4, -0.2) is 36.6 Å². The highest BCUT2D eigenvalue weighted by atomic mass is 16.1. The molecule has 7 nitrogen and oxygen atoms in total. The molecule has 2 N–H and O–H groups in total. The smallest absolute Gasteiger partial charge is 0.166 e. The fourth-order valence-electron chi connectivity index (χ4n) is 2.58. The van der Waals surface area contributed by atoms with Crippen LogP contribution in [0.25, 0.3) is 0 Å². The zero-order valence-corrected chi connectivity index (χ0v) is 14.6. The molecule has 0 aromatic heterocycles. The van der Waals surface area contributed by atoms with Gasteiger partial charge in [-0.15, -0.1) is 0 Å². The van der Waals surface area contributed by atoms with Crippen molar-refractivity contribution in [2.24, 2.45) is 10.2 Å². The molecule has 0 aliphatic rings. The maximum Gasteiger partial charge on any atom is 0.166 e. The van der Waals surface area contributed by atoms with Gasteiger partial charge in [-0.3, -0.25) is 9.59 Å². The SMILES string of the molecule is CN(CCC(=O)c1ccccc1N=N)CCC(=O)c1ccccc1N=N. The third-order valence-corrected chi connectivity index (χ3v) is 4.09. The van der Waals surface area contributed by atoms with Gasteiger partial charge in [0.15, 0.2) is 11.6 Å². The Morgan fingerprint density at radius 1 is 0.808 bits per heavy atom. The molecule has 0 amide bonds.